The van der Waals surface area contributed by atoms with Gasteiger partial charge in [-0.1, -0.05) is 6.58 Å². The lowest BCUT2D eigenvalue weighted by atomic mass is 10.2. The summed E-state index contributed by atoms with van der Waals surface area (Å²) in [5.41, 5.74) is 1.39. The van der Waals surface area contributed by atoms with E-state index in [1.165, 1.54) is 31.5 Å². The Labute approximate surface area is 163 Å². The minimum absolute atomic E-state index is 0.0840. The molecule has 0 aliphatic heterocycles. The van der Waals surface area contributed by atoms with Crippen LogP contribution in [0.3, 0.4) is 0 Å². The van der Waals surface area contributed by atoms with Gasteiger partial charge < -0.3 is 25.1 Å². The summed E-state index contributed by atoms with van der Waals surface area (Å²) < 4.78 is 17.9. The van der Waals surface area contributed by atoms with E-state index in [-0.39, 0.29) is 23.7 Å². The summed E-state index contributed by atoms with van der Waals surface area (Å²) in [6, 6.07) is 3.97. The third-order valence-electron chi connectivity index (χ3n) is 4.23. The molecule has 0 aliphatic rings. The van der Waals surface area contributed by atoms with E-state index in [0.29, 0.717) is 27.2 Å². The normalized spacial score (nSPS) is 12.0. The molecule has 0 bridgehead atoms. The van der Waals surface area contributed by atoms with Gasteiger partial charge in [-0.15, -0.1) is 5.11 Å². The maximum absolute atomic E-state index is 13.5. The lowest BCUT2D eigenvalue weighted by Gasteiger charge is -2.03. The smallest absolute Gasteiger partial charge is 0.325 e. The zero-order valence-electron chi connectivity index (χ0n) is 15.7. The number of amides is 1. The van der Waals surface area contributed by atoms with E-state index in [1.54, 1.807) is 6.92 Å². The maximum atomic E-state index is 13.5. The highest BCUT2D eigenvalue weighted by Crippen LogP contribution is 2.35. The fourth-order valence-electron chi connectivity index (χ4n) is 2.81. The lowest BCUT2D eigenvalue weighted by Crippen LogP contribution is -2.35. The number of aromatic amines is 2. The molecule has 2 aromatic heterocycles. The third kappa shape index (κ3) is 4.00. The number of carbonyl (C=O) groups excluding carboxylic acids is 2. The summed E-state index contributed by atoms with van der Waals surface area (Å²) in [4.78, 5) is 29.1. The molecule has 4 N–H and O–H groups in total. The van der Waals surface area contributed by atoms with Crippen LogP contribution in [0.4, 0.5) is 10.1 Å². The fourth-order valence-corrected chi connectivity index (χ4v) is 2.81. The number of hydrogen-bond acceptors (Lipinski definition) is 6. The first kappa shape index (κ1) is 19.8. The quantitative estimate of drug-likeness (QED) is 0.382. The van der Waals surface area contributed by atoms with Crippen molar-refractivity contribution in [2.24, 2.45) is 10.2 Å². The standard InChI is InChI=1S/C19H18FN5O4/c1-9-14(23-10(2)16(9)18(27)21-8-15(26)29-3)7-22-25-17-12-6-11(20)4-5-13(12)24-19(17)28/h4-7,23-24,28H,1,8H2,2-3H3,(H,21,27). The van der Waals surface area contributed by atoms with E-state index < -0.39 is 17.7 Å². The monoisotopic (exact) mass is 399 g/mol. The van der Waals surface area contributed by atoms with Crippen molar-refractivity contribution in [2.45, 2.75) is 6.92 Å². The molecule has 0 saturated carbocycles. The topological polar surface area (TPSA) is 132 Å². The molecule has 0 spiro atoms. The van der Waals surface area contributed by atoms with Crippen molar-refractivity contribution in [2.75, 3.05) is 13.7 Å². The van der Waals surface area contributed by atoms with Crippen molar-refractivity contribution < 1.29 is 23.8 Å². The molecule has 0 fully saturated rings. The SMILES string of the molecule is C=c1c(C(=O)NCC(=O)OC)c(C)[nH]c1=CN=Nc1c(O)[nH]c2ccc(F)cc12. The molecule has 0 unspecified atom stereocenters. The zero-order valence-corrected chi connectivity index (χ0v) is 15.7. The number of carbonyl (C=O) groups is 2. The number of benzene rings is 1. The molecule has 1 aromatic carbocycles. The van der Waals surface area contributed by atoms with Crippen molar-refractivity contribution in [3.8, 4) is 5.88 Å². The largest absolute Gasteiger partial charge is 0.493 e. The summed E-state index contributed by atoms with van der Waals surface area (Å²) in [6.45, 7) is 5.26. The molecule has 1 amide bonds. The minimum Gasteiger partial charge on any atom is -0.493 e. The van der Waals surface area contributed by atoms with Crippen molar-refractivity contribution in [1.82, 2.24) is 15.3 Å². The first-order chi connectivity index (χ1) is 13.8. The Morgan fingerprint density at radius 2 is 2.14 bits per heavy atom. The molecule has 0 atom stereocenters. The number of hydrogen-bond donors (Lipinski definition) is 4. The Hall–Kier alpha value is -3.95. The summed E-state index contributed by atoms with van der Waals surface area (Å²) >= 11 is 0. The molecule has 10 heteroatoms. The molecule has 3 rings (SSSR count). The van der Waals surface area contributed by atoms with Crippen LogP contribution in [0.15, 0.2) is 28.4 Å². The molecule has 9 nitrogen and oxygen atoms in total. The number of nitrogens with one attached hydrogen (secondary N) is 3. The Balaban J connectivity index is 1.90. The van der Waals surface area contributed by atoms with Gasteiger partial charge in [-0.3, -0.25) is 9.59 Å². The lowest BCUT2D eigenvalue weighted by molar-refractivity contribution is -0.139. The molecule has 0 saturated heterocycles. The van der Waals surface area contributed by atoms with Gasteiger partial charge in [0.25, 0.3) is 5.91 Å². The van der Waals surface area contributed by atoms with Crippen LogP contribution >= 0.6 is 0 Å². The van der Waals surface area contributed by atoms with Gasteiger partial charge in [-0.2, -0.15) is 5.11 Å². The van der Waals surface area contributed by atoms with Crippen LogP contribution in [0.5, 0.6) is 5.88 Å². The average Bonchev–Trinajstić information content (AvgIpc) is 3.15. The van der Waals surface area contributed by atoms with Crippen molar-refractivity contribution in [3.05, 3.63) is 45.8 Å². The molecule has 29 heavy (non-hydrogen) atoms. The van der Waals surface area contributed by atoms with E-state index in [4.69, 9.17) is 0 Å². The minimum atomic E-state index is -0.576. The number of rotatable bonds is 5. The van der Waals surface area contributed by atoms with E-state index in [2.05, 4.69) is 36.8 Å². The van der Waals surface area contributed by atoms with E-state index in [1.807, 2.05) is 0 Å². The van der Waals surface area contributed by atoms with Crippen molar-refractivity contribution in [3.63, 3.8) is 0 Å². The highest BCUT2D eigenvalue weighted by atomic mass is 19.1. The summed E-state index contributed by atoms with van der Waals surface area (Å²) in [6.07, 6.45) is 1.32. The Morgan fingerprint density at radius 3 is 2.86 bits per heavy atom. The van der Waals surface area contributed by atoms with Gasteiger partial charge in [0.05, 0.1) is 29.7 Å². The van der Waals surface area contributed by atoms with Gasteiger partial charge in [0, 0.05) is 16.3 Å². The molecular formula is C19H18FN5O4. The van der Waals surface area contributed by atoms with E-state index >= 15 is 0 Å². The number of nitrogens with zero attached hydrogens (tertiary/aromatic N) is 2. The Kier molecular flexibility index (Phi) is 5.44. The van der Waals surface area contributed by atoms with E-state index in [0.717, 1.165) is 0 Å². The number of H-pyrrole nitrogens is 2. The van der Waals surface area contributed by atoms with Gasteiger partial charge >= 0.3 is 5.97 Å². The number of halogens is 1. The summed E-state index contributed by atoms with van der Waals surface area (Å²) in [7, 11) is 1.22. The van der Waals surface area contributed by atoms with Crippen LogP contribution in [-0.2, 0) is 9.53 Å². The second-order valence-electron chi connectivity index (χ2n) is 6.13. The van der Waals surface area contributed by atoms with Crippen LogP contribution < -0.4 is 15.9 Å². The fraction of sp³-hybridized carbons (Fsp3) is 0.158. The van der Waals surface area contributed by atoms with Crippen molar-refractivity contribution in [1.29, 1.82) is 0 Å². The van der Waals surface area contributed by atoms with Crippen molar-refractivity contribution >= 4 is 41.2 Å². The van der Waals surface area contributed by atoms with Crippen LogP contribution in [-0.4, -0.2) is 40.6 Å². The number of fused-ring (bicyclic) bond motifs is 1. The number of ether oxygens (including phenoxy) is 1. The molecular weight excluding hydrogens is 381 g/mol. The second kappa shape index (κ2) is 7.97. The van der Waals surface area contributed by atoms with Crippen LogP contribution in [0.25, 0.3) is 23.7 Å². The van der Waals surface area contributed by atoms with Gasteiger partial charge in [-0.05, 0) is 25.1 Å². The van der Waals surface area contributed by atoms with Crippen LogP contribution in [0.2, 0.25) is 0 Å². The van der Waals surface area contributed by atoms with Gasteiger partial charge in [0.2, 0.25) is 5.88 Å². The number of methoxy groups -OCH3 is 1. The first-order valence-corrected chi connectivity index (χ1v) is 8.45. The predicted octanol–water partition coefficient (Wildman–Crippen LogP) is 1.48. The predicted molar refractivity (Wildman–Crippen MR) is 104 cm³/mol. The summed E-state index contributed by atoms with van der Waals surface area (Å²) in [5, 5.41) is 21.4. The highest BCUT2D eigenvalue weighted by molar-refractivity contribution is 5.97. The number of esters is 1. The highest BCUT2D eigenvalue weighted by Gasteiger charge is 2.14. The summed E-state index contributed by atoms with van der Waals surface area (Å²) in [5.74, 6) is -1.79. The Bertz CT molecular complexity index is 1240. The average molecular weight is 399 g/mol. The maximum Gasteiger partial charge on any atom is 0.325 e. The van der Waals surface area contributed by atoms with Gasteiger partial charge in [-0.25, -0.2) is 4.39 Å². The van der Waals surface area contributed by atoms with Gasteiger partial charge in [0.1, 0.15) is 12.4 Å². The third-order valence-corrected chi connectivity index (χ3v) is 4.23. The van der Waals surface area contributed by atoms with Gasteiger partial charge in [0.15, 0.2) is 5.69 Å². The van der Waals surface area contributed by atoms with Crippen LogP contribution in [0, 0.1) is 12.7 Å². The number of aryl methyl sites for hydroxylation is 1. The molecule has 3 aromatic rings. The molecule has 2 heterocycles. The number of aromatic hydroxyl groups is 1. The number of aromatic nitrogens is 2. The number of azo groups is 1. The molecule has 0 radical (unpaired) electrons. The zero-order chi connectivity index (χ0) is 21.1. The molecule has 0 aliphatic carbocycles. The first-order valence-electron chi connectivity index (χ1n) is 8.45. The second-order valence-corrected chi connectivity index (χ2v) is 6.13. The molecule has 150 valence electrons. The Morgan fingerprint density at radius 1 is 1.38 bits per heavy atom. The van der Waals surface area contributed by atoms with Crippen LogP contribution in [0.1, 0.15) is 16.1 Å². The van der Waals surface area contributed by atoms with E-state index in [9.17, 15) is 19.1 Å².